The second-order valence-electron chi connectivity index (χ2n) is 6.59. The maximum atomic E-state index is 12.7. The number of aromatic nitrogens is 1. The fourth-order valence-corrected chi connectivity index (χ4v) is 3.46. The normalized spacial score (nSPS) is 11.3. The van der Waals surface area contributed by atoms with Crippen molar-refractivity contribution in [2.24, 2.45) is 0 Å². The lowest BCUT2D eigenvalue weighted by Crippen LogP contribution is -2.30. The van der Waals surface area contributed by atoms with Crippen molar-refractivity contribution in [2.75, 3.05) is 24.9 Å². The second-order valence-corrected chi connectivity index (χ2v) is 7.97. The molecule has 0 saturated heterocycles. The van der Waals surface area contributed by atoms with Crippen molar-refractivity contribution in [3.8, 4) is 11.5 Å². The van der Waals surface area contributed by atoms with Gasteiger partial charge in [0.15, 0.2) is 17.6 Å². The third-order valence-corrected chi connectivity index (χ3v) is 5.43. The Hall–Kier alpha value is -3.63. The fraction of sp³-hybridized carbons (Fsp3) is 0.182. The van der Waals surface area contributed by atoms with E-state index in [-0.39, 0.29) is 34.5 Å². The molecule has 33 heavy (non-hydrogen) atoms. The molecule has 3 aromatic rings. The first-order valence-corrected chi connectivity index (χ1v) is 10.8. The maximum absolute atomic E-state index is 12.7. The first kappa shape index (κ1) is 24.0. The van der Waals surface area contributed by atoms with Crippen LogP contribution in [0.5, 0.6) is 11.5 Å². The van der Waals surface area contributed by atoms with Crippen LogP contribution in [0.25, 0.3) is 0 Å². The lowest BCUT2D eigenvalue weighted by atomic mass is 10.1. The largest absolute Gasteiger partial charge is 0.493 e. The Balaban J connectivity index is 1.77. The standard InChI is InChI=1S/C22H20ClN3O6S/c1-12(20(27)26-18-7-6-14(23)11-24-18)32-22(29)13-9-15(19(31-3)16(10-13)30-2)25-21(28)17-5-4-8-33-17/h4-12H,1-3H3,(H,25,28)(H,24,26,27). The molecule has 0 aliphatic rings. The molecule has 3 rings (SSSR count). The van der Waals surface area contributed by atoms with Gasteiger partial charge in [-0.3, -0.25) is 9.59 Å². The first-order chi connectivity index (χ1) is 15.8. The molecule has 9 nitrogen and oxygen atoms in total. The van der Waals surface area contributed by atoms with Crippen LogP contribution < -0.4 is 20.1 Å². The second kappa shape index (κ2) is 10.8. The van der Waals surface area contributed by atoms with Gasteiger partial charge >= 0.3 is 5.97 Å². The molecule has 2 N–H and O–H groups in total. The van der Waals surface area contributed by atoms with E-state index in [1.807, 2.05) is 0 Å². The van der Waals surface area contributed by atoms with Crippen LogP contribution >= 0.6 is 22.9 Å². The van der Waals surface area contributed by atoms with Crippen LogP contribution in [0.3, 0.4) is 0 Å². The van der Waals surface area contributed by atoms with E-state index < -0.39 is 18.0 Å². The number of esters is 1. The summed E-state index contributed by atoms with van der Waals surface area (Å²) in [6.07, 6.45) is 0.246. The van der Waals surface area contributed by atoms with Gasteiger partial charge in [-0.2, -0.15) is 0 Å². The Morgan fingerprint density at radius 1 is 1.09 bits per heavy atom. The van der Waals surface area contributed by atoms with Crippen molar-refractivity contribution in [1.82, 2.24) is 4.98 Å². The predicted octanol–water partition coefficient (Wildman–Crippen LogP) is 4.25. The molecular formula is C22H20ClN3O6S. The fourth-order valence-electron chi connectivity index (χ4n) is 2.73. The number of hydrogen-bond acceptors (Lipinski definition) is 8. The van der Waals surface area contributed by atoms with Crippen molar-refractivity contribution in [3.63, 3.8) is 0 Å². The molecule has 1 atom stereocenters. The summed E-state index contributed by atoms with van der Waals surface area (Å²) in [7, 11) is 2.81. The van der Waals surface area contributed by atoms with Gasteiger partial charge in [0.05, 0.1) is 35.4 Å². The van der Waals surface area contributed by atoms with E-state index in [1.54, 1.807) is 23.6 Å². The van der Waals surface area contributed by atoms with Gasteiger partial charge in [0.1, 0.15) is 5.82 Å². The van der Waals surface area contributed by atoms with E-state index in [0.717, 1.165) is 0 Å². The molecule has 11 heteroatoms. The van der Waals surface area contributed by atoms with Gasteiger partial charge in [0, 0.05) is 6.20 Å². The molecule has 0 radical (unpaired) electrons. The van der Waals surface area contributed by atoms with Crippen LogP contribution in [0, 0.1) is 0 Å². The third-order valence-electron chi connectivity index (χ3n) is 4.34. The van der Waals surface area contributed by atoms with Gasteiger partial charge in [-0.05, 0) is 42.6 Å². The van der Waals surface area contributed by atoms with Crippen LogP contribution in [0.15, 0.2) is 48.0 Å². The number of nitrogens with zero attached hydrogens (tertiary/aromatic N) is 1. The molecule has 172 valence electrons. The number of methoxy groups -OCH3 is 2. The number of nitrogens with one attached hydrogen (secondary N) is 2. The number of carbonyl (C=O) groups is 3. The predicted molar refractivity (Wildman–Crippen MR) is 125 cm³/mol. The van der Waals surface area contributed by atoms with Gasteiger partial charge in [-0.1, -0.05) is 17.7 Å². The first-order valence-electron chi connectivity index (χ1n) is 9.56. The minimum absolute atomic E-state index is 0.0541. The maximum Gasteiger partial charge on any atom is 0.339 e. The van der Waals surface area contributed by atoms with Crippen LogP contribution in [0.1, 0.15) is 27.0 Å². The number of ether oxygens (including phenoxy) is 3. The van der Waals surface area contributed by atoms with Crippen LogP contribution in [0.2, 0.25) is 5.02 Å². The van der Waals surface area contributed by atoms with Gasteiger partial charge in [0.2, 0.25) is 0 Å². The Labute approximate surface area is 198 Å². The molecule has 0 bridgehead atoms. The van der Waals surface area contributed by atoms with E-state index in [9.17, 15) is 14.4 Å². The van der Waals surface area contributed by atoms with Gasteiger partial charge in [-0.25, -0.2) is 9.78 Å². The van der Waals surface area contributed by atoms with Crippen molar-refractivity contribution in [1.29, 1.82) is 0 Å². The van der Waals surface area contributed by atoms with Crippen LogP contribution in [-0.4, -0.2) is 43.1 Å². The third kappa shape index (κ3) is 5.99. The van der Waals surface area contributed by atoms with E-state index in [0.29, 0.717) is 9.90 Å². The molecule has 1 aromatic carbocycles. The number of amides is 2. The summed E-state index contributed by atoms with van der Waals surface area (Å²) in [5.41, 5.74) is 0.267. The van der Waals surface area contributed by atoms with Crippen LogP contribution in [-0.2, 0) is 9.53 Å². The Morgan fingerprint density at radius 3 is 2.48 bits per heavy atom. The molecule has 0 aliphatic carbocycles. The molecule has 1 unspecified atom stereocenters. The van der Waals surface area contributed by atoms with Crippen LogP contribution in [0.4, 0.5) is 11.5 Å². The van der Waals surface area contributed by atoms with Crippen molar-refractivity contribution >= 4 is 52.2 Å². The highest BCUT2D eigenvalue weighted by atomic mass is 35.5. The van der Waals surface area contributed by atoms with Gasteiger partial charge in [0.25, 0.3) is 11.8 Å². The molecular weight excluding hydrogens is 470 g/mol. The van der Waals surface area contributed by atoms with E-state index in [4.69, 9.17) is 25.8 Å². The zero-order valence-corrected chi connectivity index (χ0v) is 19.5. The number of hydrogen-bond donors (Lipinski definition) is 2. The average Bonchev–Trinajstić information content (AvgIpc) is 3.35. The molecule has 0 aliphatic heterocycles. The quantitative estimate of drug-likeness (QED) is 0.454. The van der Waals surface area contributed by atoms with Crippen molar-refractivity contribution < 1.29 is 28.6 Å². The molecule has 0 spiro atoms. The summed E-state index contributed by atoms with van der Waals surface area (Å²) < 4.78 is 15.9. The number of thiophene rings is 1. The average molecular weight is 490 g/mol. The Kier molecular flexibility index (Phi) is 7.86. The highest BCUT2D eigenvalue weighted by Gasteiger charge is 2.23. The molecule has 0 fully saturated rings. The molecule has 2 aromatic heterocycles. The molecule has 2 amide bonds. The number of anilines is 2. The topological polar surface area (TPSA) is 116 Å². The lowest BCUT2D eigenvalue weighted by Gasteiger charge is -2.17. The minimum Gasteiger partial charge on any atom is -0.493 e. The number of carbonyl (C=O) groups excluding carboxylic acids is 3. The molecule has 2 heterocycles. The minimum atomic E-state index is -1.13. The monoisotopic (exact) mass is 489 g/mol. The summed E-state index contributed by atoms with van der Waals surface area (Å²) in [6.45, 7) is 1.42. The number of pyridine rings is 1. The summed E-state index contributed by atoms with van der Waals surface area (Å²) in [4.78, 5) is 42.1. The lowest BCUT2D eigenvalue weighted by molar-refractivity contribution is -0.123. The molecule has 0 saturated carbocycles. The van der Waals surface area contributed by atoms with Gasteiger partial charge in [-0.15, -0.1) is 11.3 Å². The highest BCUT2D eigenvalue weighted by Crippen LogP contribution is 2.37. The summed E-state index contributed by atoms with van der Waals surface area (Å²) >= 11 is 7.04. The van der Waals surface area contributed by atoms with Gasteiger partial charge < -0.3 is 24.8 Å². The van der Waals surface area contributed by atoms with E-state index >= 15 is 0 Å². The SMILES string of the molecule is COc1cc(C(=O)OC(C)C(=O)Nc2ccc(Cl)cn2)cc(NC(=O)c2cccs2)c1OC. The van der Waals surface area contributed by atoms with E-state index in [1.165, 1.54) is 56.9 Å². The zero-order valence-electron chi connectivity index (χ0n) is 17.9. The van der Waals surface area contributed by atoms with E-state index in [2.05, 4.69) is 15.6 Å². The Bertz CT molecular complexity index is 1150. The number of benzene rings is 1. The zero-order chi connectivity index (χ0) is 24.0. The number of rotatable bonds is 8. The Morgan fingerprint density at radius 2 is 1.88 bits per heavy atom. The van der Waals surface area contributed by atoms with Crippen molar-refractivity contribution in [2.45, 2.75) is 13.0 Å². The summed E-state index contributed by atoms with van der Waals surface area (Å²) in [5.74, 6) is -1.05. The van der Waals surface area contributed by atoms with Crippen molar-refractivity contribution in [3.05, 3.63) is 63.4 Å². The summed E-state index contributed by atoms with van der Waals surface area (Å²) in [5, 5.41) is 7.43. The highest BCUT2D eigenvalue weighted by molar-refractivity contribution is 7.12. The smallest absolute Gasteiger partial charge is 0.339 e. The summed E-state index contributed by atoms with van der Waals surface area (Å²) in [6, 6.07) is 9.28. The number of halogens is 1.